The Kier molecular flexibility index (Phi) is 4.41. The van der Waals surface area contributed by atoms with Gasteiger partial charge in [-0.3, -0.25) is 14.9 Å². The Balaban J connectivity index is 1.85. The maximum absolute atomic E-state index is 11.8. The SMILES string of the molecule is Cn1cccc1C(=O)NC(=O)CSc1ccc(N)cn1. The van der Waals surface area contributed by atoms with Crippen LogP contribution in [0.5, 0.6) is 0 Å². The van der Waals surface area contributed by atoms with Crippen LogP contribution in [0.15, 0.2) is 41.7 Å². The van der Waals surface area contributed by atoms with Crippen molar-refractivity contribution in [3.8, 4) is 0 Å². The lowest BCUT2D eigenvalue weighted by molar-refractivity contribution is -0.117. The van der Waals surface area contributed by atoms with Gasteiger partial charge in [-0.25, -0.2) is 4.98 Å². The van der Waals surface area contributed by atoms with Crippen molar-refractivity contribution in [1.29, 1.82) is 0 Å². The Hall–Kier alpha value is -2.28. The van der Waals surface area contributed by atoms with Crippen molar-refractivity contribution >= 4 is 29.3 Å². The maximum Gasteiger partial charge on any atom is 0.274 e. The number of pyridine rings is 1. The Labute approximate surface area is 120 Å². The molecule has 0 saturated carbocycles. The van der Waals surface area contributed by atoms with Gasteiger partial charge in [0.15, 0.2) is 0 Å². The molecule has 20 heavy (non-hydrogen) atoms. The van der Waals surface area contributed by atoms with Gasteiger partial charge in [0, 0.05) is 13.2 Å². The normalized spacial score (nSPS) is 10.2. The molecule has 7 heteroatoms. The highest BCUT2D eigenvalue weighted by Gasteiger charge is 2.12. The third-order valence-corrected chi connectivity index (χ3v) is 3.48. The van der Waals surface area contributed by atoms with Crippen LogP contribution in [0, 0.1) is 0 Å². The molecule has 0 aliphatic rings. The smallest absolute Gasteiger partial charge is 0.274 e. The highest BCUT2D eigenvalue weighted by atomic mass is 32.2. The van der Waals surface area contributed by atoms with Crippen molar-refractivity contribution in [2.24, 2.45) is 7.05 Å². The quantitative estimate of drug-likeness (QED) is 0.821. The number of nitrogens with zero attached hydrogens (tertiary/aromatic N) is 2. The number of amides is 2. The summed E-state index contributed by atoms with van der Waals surface area (Å²) in [5.41, 5.74) is 6.53. The van der Waals surface area contributed by atoms with E-state index in [1.807, 2.05) is 0 Å². The van der Waals surface area contributed by atoms with Crippen LogP contribution in [0.25, 0.3) is 0 Å². The second kappa shape index (κ2) is 6.25. The number of hydrogen-bond donors (Lipinski definition) is 2. The van der Waals surface area contributed by atoms with Crippen molar-refractivity contribution < 1.29 is 9.59 Å². The fraction of sp³-hybridized carbons (Fsp3) is 0.154. The van der Waals surface area contributed by atoms with Crippen LogP contribution >= 0.6 is 11.8 Å². The minimum absolute atomic E-state index is 0.118. The molecular formula is C13H14N4O2S. The minimum atomic E-state index is -0.409. The summed E-state index contributed by atoms with van der Waals surface area (Å²) in [6.45, 7) is 0. The number of anilines is 1. The first-order valence-electron chi connectivity index (χ1n) is 5.86. The number of hydrogen-bond acceptors (Lipinski definition) is 5. The summed E-state index contributed by atoms with van der Waals surface area (Å²) in [5, 5.41) is 3.01. The fourth-order valence-electron chi connectivity index (χ4n) is 1.54. The zero-order valence-electron chi connectivity index (χ0n) is 10.9. The van der Waals surface area contributed by atoms with Gasteiger partial charge >= 0.3 is 0 Å². The van der Waals surface area contributed by atoms with E-state index in [2.05, 4.69) is 10.3 Å². The van der Waals surface area contributed by atoms with Crippen molar-refractivity contribution in [2.45, 2.75) is 5.03 Å². The lowest BCUT2D eigenvalue weighted by atomic mass is 10.4. The predicted molar refractivity (Wildman–Crippen MR) is 77.3 cm³/mol. The van der Waals surface area contributed by atoms with E-state index < -0.39 is 5.91 Å². The van der Waals surface area contributed by atoms with Crippen molar-refractivity contribution in [3.05, 3.63) is 42.4 Å². The molecular weight excluding hydrogens is 276 g/mol. The second-order valence-corrected chi connectivity index (χ2v) is 5.10. The van der Waals surface area contributed by atoms with Gasteiger partial charge < -0.3 is 10.3 Å². The van der Waals surface area contributed by atoms with Crippen LogP contribution in [0.1, 0.15) is 10.5 Å². The number of thioether (sulfide) groups is 1. The molecule has 2 amide bonds. The second-order valence-electron chi connectivity index (χ2n) is 4.10. The maximum atomic E-state index is 11.8. The predicted octanol–water partition coefficient (Wildman–Crippen LogP) is 1.05. The monoisotopic (exact) mass is 290 g/mol. The molecule has 2 aromatic rings. The number of nitrogens with two attached hydrogens (primary N) is 1. The molecule has 6 nitrogen and oxygen atoms in total. The van der Waals surface area contributed by atoms with Crippen molar-refractivity contribution in [1.82, 2.24) is 14.9 Å². The van der Waals surface area contributed by atoms with E-state index in [9.17, 15) is 9.59 Å². The summed E-state index contributed by atoms with van der Waals surface area (Å²) in [6, 6.07) is 6.83. The zero-order valence-corrected chi connectivity index (χ0v) is 11.7. The number of rotatable bonds is 4. The summed E-state index contributed by atoms with van der Waals surface area (Å²) in [7, 11) is 1.74. The van der Waals surface area contributed by atoms with E-state index >= 15 is 0 Å². The number of carbonyl (C=O) groups excluding carboxylic acids is 2. The van der Waals surface area contributed by atoms with Gasteiger partial charge in [0.25, 0.3) is 5.91 Å². The van der Waals surface area contributed by atoms with Crippen LogP contribution in [-0.2, 0) is 11.8 Å². The molecule has 2 aromatic heterocycles. The van der Waals surface area contributed by atoms with E-state index in [4.69, 9.17) is 5.73 Å². The van der Waals surface area contributed by atoms with Gasteiger partial charge in [0.2, 0.25) is 5.91 Å². The zero-order chi connectivity index (χ0) is 14.5. The van der Waals surface area contributed by atoms with E-state index in [1.54, 1.807) is 42.1 Å². The minimum Gasteiger partial charge on any atom is -0.397 e. The number of aryl methyl sites for hydroxylation is 1. The molecule has 0 aliphatic heterocycles. The molecule has 0 bridgehead atoms. The Bertz CT molecular complexity index is 622. The molecule has 2 rings (SSSR count). The molecule has 3 N–H and O–H groups in total. The van der Waals surface area contributed by atoms with Gasteiger partial charge in [-0.15, -0.1) is 0 Å². The van der Waals surface area contributed by atoms with Crippen LogP contribution in [0.3, 0.4) is 0 Å². The molecule has 0 fully saturated rings. The van der Waals surface area contributed by atoms with Crippen LogP contribution < -0.4 is 11.1 Å². The third kappa shape index (κ3) is 3.61. The molecule has 0 atom stereocenters. The highest BCUT2D eigenvalue weighted by Crippen LogP contribution is 2.15. The van der Waals surface area contributed by atoms with Gasteiger partial charge in [0.1, 0.15) is 5.69 Å². The van der Waals surface area contributed by atoms with Gasteiger partial charge in [-0.05, 0) is 24.3 Å². The molecule has 0 aliphatic carbocycles. The Morgan fingerprint density at radius 3 is 2.80 bits per heavy atom. The summed E-state index contributed by atoms with van der Waals surface area (Å²) >= 11 is 1.24. The molecule has 0 spiro atoms. The first-order chi connectivity index (χ1) is 9.56. The average molecular weight is 290 g/mol. The van der Waals surface area contributed by atoms with Gasteiger partial charge in [-0.1, -0.05) is 11.8 Å². The topological polar surface area (TPSA) is 90.0 Å². The number of imide groups is 1. The van der Waals surface area contributed by atoms with Crippen molar-refractivity contribution in [3.63, 3.8) is 0 Å². The highest BCUT2D eigenvalue weighted by molar-refractivity contribution is 7.99. The standard InChI is InChI=1S/C13H14N4O2S/c1-17-6-2-3-10(17)13(19)16-11(18)8-20-12-5-4-9(14)7-15-12/h2-7H,8,14H2,1H3,(H,16,18,19). The van der Waals surface area contributed by atoms with Gasteiger partial charge in [-0.2, -0.15) is 0 Å². The van der Waals surface area contributed by atoms with E-state index in [-0.39, 0.29) is 11.7 Å². The number of nitrogen functional groups attached to an aromatic ring is 1. The summed E-state index contributed by atoms with van der Waals surface area (Å²) < 4.78 is 1.65. The first-order valence-corrected chi connectivity index (χ1v) is 6.84. The van der Waals surface area contributed by atoms with Crippen LogP contribution in [0.4, 0.5) is 5.69 Å². The molecule has 104 valence electrons. The molecule has 0 unspecified atom stereocenters. The van der Waals surface area contributed by atoms with Crippen molar-refractivity contribution in [2.75, 3.05) is 11.5 Å². The Morgan fingerprint density at radius 1 is 1.40 bits per heavy atom. The largest absolute Gasteiger partial charge is 0.397 e. The van der Waals surface area contributed by atoms with Gasteiger partial charge in [0.05, 0.1) is 22.7 Å². The third-order valence-electron chi connectivity index (χ3n) is 2.54. The van der Waals surface area contributed by atoms with Crippen LogP contribution in [-0.4, -0.2) is 27.1 Å². The Morgan fingerprint density at radius 2 is 2.20 bits per heavy atom. The number of aromatic nitrogens is 2. The summed E-state index contributed by atoms with van der Waals surface area (Å²) in [4.78, 5) is 27.5. The fourth-order valence-corrected chi connectivity index (χ4v) is 2.18. The average Bonchev–Trinajstić information content (AvgIpc) is 2.84. The van der Waals surface area contributed by atoms with E-state index in [0.29, 0.717) is 16.4 Å². The van der Waals surface area contributed by atoms with E-state index in [0.717, 1.165) is 0 Å². The molecule has 0 radical (unpaired) electrons. The number of carbonyl (C=O) groups is 2. The lowest BCUT2D eigenvalue weighted by Gasteiger charge is -2.05. The molecule has 0 saturated heterocycles. The number of nitrogens with one attached hydrogen (secondary N) is 1. The molecule has 0 aromatic carbocycles. The first kappa shape index (κ1) is 14.1. The summed E-state index contributed by atoms with van der Waals surface area (Å²) in [5.74, 6) is -0.652. The van der Waals surface area contributed by atoms with E-state index in [1.165, 1.54) is 18.0 Å². The molecule has 2 heterocycles. The van der Waals surface area contributed by atoms with Crippen LogP contribution in [0.2, 0.25) is 0 Å². The lowest BCUT2D eigenvalue weighted by Crippen LogP contribution is -2.32. The summed E-state index contributed by atoms with van der Waals surface area (Å²) in [6.07, 6.45) is 3.27.